The smallest absolute Gasteiger partial charge is 0.278 e. The second-order valence-electron chi connectivity index (χ2n) is 6.49. The number of carbonyl (C=O) groups is 1. The maximum atomic E-state index is 14.0. The molecule has 1 N–H and O–H groups in total. The number of carbonyl (C=O) groups excluding carboxylic acids is 1. The van der Waals surface area contributed by atoms with Crippen LogP contribution >= 0.6 is 11.8 Å². The van der Waals surface area contributed by atoms with Gasteiger partial charge in [-0.3, -0.25) is 4.79 Å². The molecule has 4 rings (SSSR count). The van der Waals surface area contributed by atoms with Crippen LogP contribution in [0.5, 0.6) is 5.75 Å². The lowest BCUT2D eigenvalue weighted by Gasteiger charge is -2.09. The van der Waals surface area contributed by atoms with Gasteiger partial charge in [-0.1, -0.05) is 17.0 Å². The van der Waals surface area contributed by atoms with Crippen LogP contribution in [0.4, 0.5) is 18.9 Å². The summed E-state index contributed by atoms with van der Waals surface area (Å²) in [6.45, 7) is 0. The van der Waals surface area contributed by atoms with Gasteiger partial charge in [0.05, 0.1) is 24.2 Å². The van der Waals surface area contributed by atoms with Crippen molar-refractivity contribution < 1.29 is 22.7 Å². The number of ether oxygens (including phenoxy) is 1. The van der Waals surface area contributed by atoms with Crippen LogP contribution in [-0.2, 0) is 5.75 Å². The molecule has 0 saturated carbocycles. The van der Waals surface area contributed by atoms with Crippen LogP contribution in [0, 0.1) is 17.5 Å². The van der Waals surface area contributed by atoms with E-state index in [1.165, 1.54) is 23.6 Å². The summed E-state index contributed by atoms with van der Waals surface area (Å²) in [5.74, 6) is -4.60. The Morgan fingerprint density at radius 3 is 2.48 bits per heavy atom. The van der Waals surface area contributed by atoms with Gasteiger partial charge in [-0.15, -0.1) is 5.10 Å². The van der Waals surface area contributed by atoms with E-state index >= 15 is 0 Å². The number of rotatable bonds is 7. The van der Waals surface area contributed by atoms with Gasteiger partial charge in [0.1, 0.15) is 5.75 Å². The SMILES string of the molecule is COc1ccc(-n2nnc(C(=O)Nc3ccc(F)c(F)c3F)c2CSc2ncccn2)cc1. The Morgan fingerprint density at radius 1 is 1.06 bits per heavy atom. The Kier molecular flexibility index (Phi) is 6.54. The molecule has 0 bridgehead atoms. The molecule has 12 heteroatoms. The molecule has 0 aliphatic rings. The Balaban J connectivity index is 1.68. The predicted molar refractivity (Wildman–Crippen MR) is 114 cm³/mol. The lowest BCUT2D eigenvalue weighted by atomic mass is 10.2. The summed E-state index contributed by atoms with van der Waals surface area (Å²) in [7, 11) is 1.53. The van der Waals surface area contributed by atoms with Crippen LogP contribution in [0.1, 0.15) is 16.2 Å². The fourth-order valence-corrected chi connectivity index (χ4v) is 3.63. The van der Waals surface area contributed by atoms with Crippen molar-refractivity contribution in [2.24, 2.45) is 0 Å². The maximum absolute atomic E-state index is 14.0. The second kappa shape index (κ2) is 9.69. The van der Waals surface area contributed by atoms with Crippen molar-refractivity contribution in [3.63, 3.8) is 0 Å². The first-order valence-electron chi connectivity index (χ1n) is 9.41. The molecule has 0 unspecified atom stereocenters. The highest BCUT2D eigenvalue weighted by molar-refractivity contribution is 7.98. The zero-order valence-corrected chi connectivity index (χ0v) is 17.8. The third-order valence-electron chi connectivity index (χ3n) is 4.46. The number of hydrogen-bond donors (Lipinski definition) is 1. The first-order valence-corrected chi connectivity index (χ1v) is 10.4. The van der Waals surface area contributed by atoms with Gasteiger partial charge in [0.2, 0.25) is 0 Å². The topological polar surface area (TPSA) is 94.8 Å². The van der Waals surface area contributed by atoms with Crippen molar-refractivity contribution in [2.45, 2.75) is 10.9 Å². The number of nitrogens with zero attached hydrogens (tertiary/aromatic N) is 5. The molecule has 0 spiro atoms. The molecular weight excluding hydrogens is 457 g/mol. The summed E-state index contributed by atoms with van der Waals surface area (Å²) >= 11 is 1.23. The van der Waals surface area contributed by atoms with Crippen LogP contribution in [0.15, 0.2) is 60.0 Å². The Hall–Kier alpha value is -3.93. The number of thioether (sulfide) groups is 1. The van der Waals surface area contributed by atoms with E-state index in [2.05, 4.69) is 25.6 Å². The molecule has 1 amide bonds. The molecule has 2 heterocycles. The van der Waals surface area contributed by atoms with E-state index in [1.807, 2.05) is 0 Å². The van der Waals surface area contributed by atoms with Crippen molar-refractivity contribution in [1.29, 1.82) is 0 Å². The van der Waals surface area contributed by atoms with Crippen molar-refractivity contribution in [2.75, 3.05) is 12.4 Å². The summed E-state index contributed by atoms with van der Waals surface area (Å²) in [5, 5.41) is 10.7. The Morgan fingerprint density at radius 2 is 1.79 bits per heavy atom. The monoisotopic (exact) mass is 472 g/mol. The van der Waals surface area contributed by atoms with Gasteiger partial charge in [-0.25, -0.2) is 27.8 Å². The second-order valence-corrected chi connectivity index (χ2v) is 7.43. The number of benzene rings is 2. The van der Waals surface area contributed by atoms with Crippen molar-refractivity contribution in [3.8, 4) is 11.4 Å². The van der Waals surface area contributed by atoms with Gasteiger partial charge >= 0.3 is 0 Å². The van der Waals surface area contributed by atoms with Crippen LogP contribution < -0.4 is 10.1 Å². The number of halogens is 3. The van der Waals surface area contributed by atoms with Crippen molar-refractivity contribution >= 4 is 23.4 Å². The molecule has 0 aliphatic carbocycles. The molecule has 0 atom stereocenters. The van der Waals surface area contributed by atoms with E-state index in [4.69, 9.17) is 4.74 Å². The summed E-state index contributed by atoms with van der Waals surface area (Å²) < 4.78 is 47.4. The van der Waals surface area contributed by atoms with Crippen LogP contribution in [0.25, 0.3) is 5.69 Å². The summed E-state index contributed by atoms with van der Waals surface area (Å²) in [4.78, 5) is 21.1. The lowest BCUT2D eigenvalue weighted by Crippen LogP contribution is -2.17. The predicted octanol–water partition coefficient (Wildman–Crippen LogP) is 4.03. The molecule has 33 heavy (non-hydrogen) atoms. The number of anilines is 1. The molecule has 0 saturated heterocycles. The van der Waals surface area contributed by atoms with Gasteiger partial charge in [0.15, 0.2) is 28.3 Å². The van der Waals surface area contributed by atoms with Gasteiger partial charge in [0.25, 0.3) is 5.91 Å². The van der Waals surface area contributed by atoms with E-state index in [0.29, 0.717) is 28.4 Å². The van der Waals surface area contributed by atoms with Gasteiger partial charge in [-0.05, 0) is 42.5 Å². The molecule has 8 nitrogen and oxygen atoms in total. The van der Waals surface area contributed by atoms with Crippen LogP contribution in [0.3, 0.4) is 0 Å². The van der Waals surface area contributed by atoms with Gasteiger partial charge in [0, 0.05) is 18.1 Å². The Labute approximate surface area is 189 Å². The molecule has 4 aromatic rings. The fraction of sp³-hybridized carbons (Fsp3) is 0.0952. The highest BCUT2D eigenvalue weighted by Crippen LogP contribution is 2.25. The van der Waals surface area contributed by atoms with Gasteiger partial charge in [-0.2, -0.15) is 0 Å². The number of nitrogens with one attached hydrogen (secondary N) is 1. The zero-order valence-electron chi connectivity index (χ0n) is 17.0. The molecular formula is C21H15F3N6O2S. The van der Waals surface area contributed by atoms with E-state index < -0.39 is 29.0 Å². The molecule has 2 aromatic heterocycles. The minimum Gasteiger partial charge on any atom is -0.497 e. The third-order valence-corrected chi connectivity index (χ3v) is 5.35. The zero-order chi connectivity index (χ0) is 23.4. The van der Waals surface area contributed by atoms with Crippen molar-refractivity contribution in [3.05, 3.63) is 83.7 Å². The normalized spacial score (nSPS) is 10.8. The van der Waals surface area contributed by atoms with Gasteiger partial charge < -0.3 is 10.1 Å². The molecule has 0 aliphatic heterocycles. The molecule has 0 radical (unpaired) electrons. The summed E-state index contributed by atoms with van der Waals surface area (Å²) in [6, 6.07) is 10.2. The average molecular weight is 472 g/mol. The first kappa shape index (κ1) is 22.3. The Bertz CT molecular complexity index is 1290. The largest absolute Gasteiger partial charge is 0.497 e. The highest BCUT2D eigenvalue weighted by Gasteiger charge is 2.23. The maximum Gasteiger partial charge on any atom is 0.278 e. The fourth-order valence-electron chi connectivity index (χ4n) is 2.84. The van der Waals surface area contributed by atoms with E-state index in [0.717, 1.165) is 6.07 Å². The number of methoxy groups -OCH3 is 1. The van der Waals surface area contributed by atoms with E-state index in [1.54, 1.807) is 42.7 Å². The number of hydrogen-bond acceptors (Lipinski definition) is 7. The van der Waals surface area contributed by atoms with Crippen molar-refractivity contribution in [1.82, 2.24) is 25.0 Å². The minimum absolute atomic E-state index is 0.126. The quantitative estimate of drug-likeness (QED) is 0.247. The van der Waals surface area contributed by atoms with Crippen LogP contribution in [-0.4, -0.2) is 38.0 Å². The highest BCUT2D eigenvalue weighted by atomic mass is 32.2. The van der Waals surface area contributed by atoms with Crippen LogP contribution in [0.2, 0.25) is 0 Å². The number of aromatic nitrogens is 5. The summed E-state index contributed by atoms with van der Waals surface area (Å²) in [6.07, 6.45) is 3.15. The van der Waals surface area contributed by atoms with E-state index in [-0.39, 0.29) is 11.4 Å². The molecule has 0 fully saturated rings. The molecule has 168 valence electrons. The molecule has 2 aromatic carbocycles. The standard InChI is InChI=1S/C21H15F3N6O2S/c1-32-13-5-3-12(4-6-13)30-16(11-33-21-25-9-2-10-26-21)19(28-29-30)20(31)27-15-8-7-14(22)17(23)18(15)24/h2-10H,11H2,1H3,(H,27,31). The van der Waals surface area contributed by atoms with E-state index in [9.17, 15) is 18.0 Å². The summed E-state index contributed by atoms with van der Waals surface area (Å²) in [5.41, 5.74) is 0.297. The first-order chi connectivity index (χ1) is 16.0. The minimum atomic E-state index is -1.69. The third kappa shape index (κ3) is 4.80. The lowest BCUT2D eigenvalue weighted by molar-refractivity contribution is 0.102. The average Bonchev–Trinajstić information content (AvgIpc) is 3.28. The number of amides is 1.